The van der Waals surface area contributed by atoms with E-state index in [-0.39, 0.29) is 12.6 Å². The van der Waals surface area contributed by atoms with Crippen LogP contribution in [0, 0.1) is 11.3 Å². The molecule has 1 aromatic heterocycles. The molecular weight excluding hydrogens is 608 g/mol. The molecule has 3 aromatic rings. The second-order valence-corrected chi connectivity index (χ2v) is 14.2. The van der Waals surface area contributed by atoms with Crippen LogP contribution in [0.1, 0.15) is 66.5 Å². The minimum absolute atomic E-state index is 0.203. The lowest BCUT2D eigenvalue weighted by Gasteiger charge is -2.26. The molecule has 0 aliphatic carbocycles. The van der Waals surface area contributed by atoms with E-state index in [1.54, 1.807) is 48.5 Å². The Labute approximate surface area is 275 Å². The minimum atomic E-state index is -0.675. The molecular formula is C34H41ClN6O5. The zero-order valence-corrected chi connectivity index (χ0v) is 28.6. The Kier molecular flexibility index (Phi) is 9.73. The van der Waals surface area contributed by atoms with Gasteiger partial charge in [0.15, 0.2) is 0 Å². The molecule has 0 radical (unpaired) electrons. The van der Waals surface area contributed by atoms with Gasteiger partial charge in [0.25, 0.3) is 0 Å². The van der Waals surface area contributed by atoms with Crippen molar-refractivity contribution in [2.75, 3.05) is 37.0 Å². The van der Waals surface area contributed by atoms with Crippen LogP contribution in [0.5, 0.6) is 5.75 Å². The van der Waals surface area contributed by atoms with Crippen LogP contribution in [0.15, 0.2) is 42.6 Å². The van der Waals surface area contributed by atoms with Crippen LogP contribution in [0.3, 0.4) is 0 Å². The van der Waals surface area contributed by atoms with Gasteiger partial charge in [0.2, 0.25) is 5.95 Å². The van der Waals surface area contributed by atoms with Crippen LogP contribution in [0.25, 0.3) is 11.3 Å². The fraction of sp³-hybridized carbons (Fsp3) is 0.441. The van der Waals surface area contributed by atoms with Gasteiger partial charge in [-0.2, -0.15) is 5.26 Å². The van der Waals surface area contributed by atoms with Crippen molar-refractivity contribution >= 4 is 41.1 Å². The van der Waals surface area contributed by atoms with Gasteiger partial charge in [-0.1, -0.05) is 25.4 Å². The molecule has 1 aliphatic heterocycles. The number of nitrogens with one attached hydrogen (secondary N) is 1. The molecule has 2 aromatic carbocycles. The number of aromatic nitrogens is 2. The number of amides is 2. The maximum Gasteiger partial charge on any atom is 0.414 e. The summed E-state index contributed by atoms with van der Waals surface area (Å²) in [5, 5.41) is 13.8. The molecule has 0 unspecified atom stereocenters. The summed E-state index contributed by atoms with van der Waals surface area (Å²) in [5.41, 5.74) is 1.85. The van der Waals surface area contributed by atoms with Gasteiger partial charge in [-0.25, -0.2) is 19.6 Å². The Morgan fingerprint density at radius 2 is 1.78 bits per heavy atom. The molecule has 46 heavy (non-hydrogen) atoms. The van der Waals surface area contributed by atoms with E-state index in [0.29, 0.717) is 52.1 Å². The molecule has 12 heteroatoms. The monoisotopic (exact) mass is 648 g/mol. The van der Waals surface area contributed by atoms with Crippen molar-refractivity contribution in [3.05, 3.63) is 58.7 Å². The van der Waals surface area contributed by atoms with Gasteiger partial charge in [0.1, 0.15) is 29.6 Å². The number of anilines is 3. The van der Waals surface area contributed by atoms with Crippen LogP contribution in [0.2, 0.25) is 5.02 Å². The van der Waals surface area contributed by atoms with Crippen LogP contribution in [-0.4, -0.2) is 65.0 Å². The molecule has 1 N–H and O–H groups in total. The molecule has 0 fully saturated rings. The highest BCUT2D eigenvalue weighted by atomic mass is 35.5. The molecule has 0 atom stereocenters. The highest BCUT2D eigenvalue weighted by molar-refractivity contribution is 6.31. The van der Waals surface area contributed by atoms with E-state index in [2.05, 4.69) is 16.4 Å². The van der Waals surface area contributed by atoms with E-state index in [9.17, 15) is 14.9 Å². The molecule has 11 nitrogen and oxygen atoms in total. The van der Waals surface area contributed by atoms with Crippen LogP contribution in [0.4, 0.5) is 26.9 Å². The fourth-order valence-corrected chi connectivity index (χ4v) is 5.03. The number of likely N-dealkylation sites (N-methyl/N-ethyl adjacent to an activating group) is 1. The molecule has 4 rings (SSSR count). The SMILES string of the molecule is CN(CCOc1ccc(Cl)cc1Nc1nccc(-c2cc(C#N)c3c(c2)C(C)(C)CN3C(=O)OC(C)(C)C)n1)C(=O)OC(C)(C)C. The molecule has 0 saturated carbocycles. The van der Waals surface area contributed by atoms with Gasteiger partial charge in [-0.05, 0) is 83.5 Å². The topological polar surface area (TPSA) is 130 Å². The molecule has 244 valence electrons. The van der Waals surface area contributed by atoms with Gasteiger partial charge in [-0.15, -0.1) is 0 Å². The van der Waals surface area contributed by atoms with Crippen molar-refractivity contribution in [2.24, 2.45) is 0 Å². The van der Waals surface area contributed by atoms with Crippen molar-refractivity contribution in [3.63, 3.8) is 0 Å². The van der Waals surface area contributed by atoms with E-state index in [4.69, 9.17) is 30.8 Å². The van der Waals surface area contributed by atoms with Crippen molar-refractivity contribution in [1.82, 2.24) is 14.9 Å². The first-order valence-electron chi connectivity index (χ1n) is 14.9. The van der Waals surface area contributed by atoms with E-state index >= 15 is 0 Å². The largest absolute Gasteiger partial charge is 0.490 e. The number of ether oxygens (including phenoxy) is 3. The summed E-state index contributed by atoms with van der Waals surface area (Å²) in [4.78, 5) is 37.5. The zero-order valence-electron chi connectivity index (χ0n) is 27.8. The Morgan fingerprint density at radius 1 is 1.09 bits per heavy atom. The van der Waals surface area contributed by atoms with Crippen molar-refractivity contribution in [3.8, 4) is 23.1 Å². The van der Waals surface area contributed by atoms with Gasteiger partial charge in [0, 0.05) is 35.8 Å². The molecule has 1 aliphatic rings. The summed E-state index contributed by atoms with van der Waals surface area (Å²) in [7, 11) is 1.64. The van der Waals surface area contributed by atoms with Gasteiger partial charge < -0.3 is 24.4 Å². The first-order chi connectivity index (χ1) is 21.4. The molecule has 2 amide bonds. The number of nitrogens with zero attached hydrogens (tertiary/aromatic N) is 5. The first-order valence-corrected chi connectivity index (χ1v) is 15.3. The molecule has 2 heterocycles. The van der Waals surface area contributed by atoms with E-state index in [0.717, 1.165) is 5.56 Å². The summed E-state index contributed by atoms with van der Waals surface area (Å²) < 4.78 is 17.0. The fourth-order valence-electron chi connectivity index (χ4n) is 4.86. The average Bonchev–Trinajstić information content (AvgIpc) is 3.22. The van der Waals surface area contributed by atoms with Crippen molar-refractivity contribution < 1.29 is 23.8 Å². The number of carbonyl (C=O) groups is 2. The number of hydrogen-bond acceptors (Lipinski definition) is 9. The summed E-state index contributed by atoms with van der Waals surface area (Å²) in [6, 6.07) is 12.8. The Balaban J connectivity index is 1.57. The minimum Gasteiger partial charge on any atom is -0.490 e. The Bertz CT molecular complexity index is 1670. The maximum atomic E-state index is 13.1. The lowest BCUT2D eigenvalue weighted by molar-refractivity contribution is 0.0278. The smallest absolute Gasteiger partial charge is 0.414 e. The van der Waals surface area contributed by atoms with Crippen LogP contribution in [-0.2, 0) is 14.9 Å². The number of halogens is 1. The lowest BCUT2D eigenvalue weighted by atomic mass is 9.85. The number of benzene rings is 2. The molecule has 0 saturated heterocycles. The molecule has 0 spiro atoms. The number of hydrogen-bond donors (Lipinski definition) is 1. The second kappa shape index (κ2) is 13.0. The number of carbonyl (C=O) groups excluding carboxylic acids is 2. The standard InChI is InChI=1S/C34H41ClN6O5/c1-32(2,3)45-30(42)40(9)14-15-44-27-11-10-23(35)18-26(27)39-29-37-13-12-25(38-29)21-16-22(19-36)28-24(17-21)34(7,8)20-41(28)31(43)46-33(4,5)6/h10-13,16-18H,14-15,20H2,1-9H3,(H,37,38,39). The first kappa shape index (κ1) is 34.3. The zero-order chi connectivity index (χ0) is 34.0. The van der Waals surface area contributed by atoms with E-state index in [1.165, 1.54) is 4.90 Å². The average molecular weight is 649 g/mol. The highest BCUT2D eigenvalue weighted by Gasteiger charge is 2.42. The van der Waals surface area contributed by atoms with Crippen molar-refractivity contribution in [1.29, 1.82) is 5.26 Å². The Morgan fingerprint density at radius 3 is 2.43 bits per heavy atom. The summed E-state index contributed by atoms with van der Waals surface area (Å²) in [6.45, 7) is 15.8. The molecule has 0 bridgehead atoms. The number of rotatable bonds is 7. The number of nitriles is 1. The maximum absolute atomic E-state index is 13.1. The normalized spacial score (nSPS) is 13.8. The van der Waals surface area contributed by atoms with Gasteiger partial charge in [-0.3, -0.25) is 4.90 Å². The predicted octanol–water partition coefficient (Wildman–Crippen LogP) is 7.69. The van der Waals surface area contributed by atoms with Crippen LogP contribution < -0.4 is 15.0 Å². The van der Waals surface area contributed by atoms with E-state index < -0.39 is 28.8 Å². The third-order valence-electron chi connectivity index (χ3n) is 6.93. The second-order valence-electron chi connectivity index (χ2n) is 13.8. The number of fused-ring (bicyclic) bond motifs is 1. The van der Waals surface area contributed by atoms with Crippen LogP contribution >= 0.6 is 11.6 Å². The van der Waals surface area contributed by atoms with Gasteiger partial charge >= 0.3 is 12.2 Å². The van der Waals surface area contributed by atoms with Crippen molar-refractivity contribution in [2.45, 2.75) is 72.0 Å². The highest BCUT2D eigenvalue weighted by Crippen LogP contribution is 2.45. The Hall–Kier alpha value is -4.56. The summed E-state index contributed by atoms with van der Waals surface area (Å²) >= 11 is 6.31. The third kappa shape index (κ3) is 8.37. The predicted molar refractivity (Wildman–Crippen MR) is 178 cm³/mol. The van der Waals surface area contributed by atoms with E-state index in [1.807, 2.05) is 61.5 Å². The summed E-state index contributed by atoms with van der Waals surface area (Å²) in [6.07, 6.45) is 0.680. The lowest BCUT2D eigenvalue weighted by Crippen LogP contribution is -2.38. The third-order valence-corrected chi connectivity index (χ3v) is 7.16. The quantitative estimate of drug-likeness (QED) is 0.274. The summed E-state index contributed by atoms with van der Waals surface area (Å²) in [5.74, 6) is 0.772. The van der Waals surface area contributed by atoms with Gasteiger partial charge in [0.05, 0.1) is 29.2 Å².